The zero-order chi connectivity index (χ0) is 11.3. The highest BCUT2D eigenvalue weighted by molar-refractivity contribution is 9.10. The van der Waals surface area contributed by atoms with E-state index in [4.69, 9.17) is 4.52 Å². The molecule has 0 aliphatic heterocycles. The number of unbranched alkanes of at least 4 members (excludes halogenated alkanes) is 1. The second-order valence-electron chi connectivity index (χ2n) is 3.42. The maximum Gasteiger partial charge on any atom is 0.239 e. The molecule has 0 spiro atoms. The van der Waals surface area contributed by atoms with Gasteiger partial charge in [-0.3, -0.25) is 4.79 Å². The van der Waals surface area contributed by atoms with Crippen molar-refractivity contribution in [1.29, 1.82) is 0 Å². The number of halogens is 1. The number of rotatable bonds is 5. The van der Waals surface area contributed by atoms with E-state index in [1.165, 1.54) is 0 Å². The van der Waals surface area contributed by atoms with Crippen molar-refractivity contribution in [3.8, 4) is 0 Å². The zero-order valence-electron chi connectivity index (χ0n) is 8.92. The van der Waals surface area contributed by atoms with Gasteiger partial charge in [-0.15, -0.1) is 0 Å². The molecule has 1 heterocycles. The Morgan fingerprint density at radius 3 is 3.00 bits per heavy atom. The first-order valence-electron chi connectivity index (χ1n) is 5.01. The third-order valence-corrected chi connectivity index (χ3v) is 2.85. The number of hydrogen-bond acceptors (Lipinski definition) is 3. The van der Waals surface area contributed by atoms with Gasteiger partial charge in [0.15, 0.2) is 5.82 Å². The standard InChI is InChI=1S/C10H15BrN2O2/c1-3-4-5-8(11)10(14)12-9-6-7(2)15-13-9/h6,8H,3-5H2,1-2H3,(H,12,13,14). The van der Waals surface area contributed by atoms with Crippen LogP contribution in [0.3, 0.4) is 0 Å². The highest BCUT2D eigenvalue weighted by Crippen LogP contribution is 2.13. The molecule has 0 saturated carbocycles. The minimum atomic E-state index is -0.158. The van der Waals surface area contributed by atoms with E-state index in [1.807, 2.05) is 0 Å². The molecule has 1 N–H and O–H groups in total. The molecule has 0 aliphatic carbocycles. The molecule has 1 amide bonds. The summed E-state index contributed by atoms with van der Waals surface area (Å²) in [5.41, 5.74) is 0. The fraction of sp³-hybridized carbons (Fsp3) is 0.600. The van der Waals surface area contributed by atoms with Gasteiger partial charge in [-0.1, -0.05) is 40.9 Å². The fourth-order valence-corrected chi connectivity index (χ4v) is 1.58. The molecule has 4 nitrogen and oxygen atoms in total. The largest absolute Gasteiger partial charge is 0.360 e. The lowest BCUT2D eigenvalue weighted by atomic mass is 10.2. The summed E-state index contributed by atoms with van der Waals surface area (Å²) >= 11 is 3.34. The molecule has 0 radical (unpaired) electrons. The van der Waals surface area contributed by atoms with E-state index in [-0.39, 0.29) is 10.7 Å². The Bertz CT molecular complexity index is 325. The van der Waals surface area contributed by atoms with Gasteiger partial charge in [0, 0.05) is 6.07 Å². The number of nitrogens with zero attached hydrogens (tertiary/aromatic N) is 1. The minimum absolute atomic E-state index is 0.0725. The second-order valence-corrected chi connectivity index (χ2v) is 4.53. The van der Waals surface area contributed by atoms with Crippen LogP contribution in [0.1, 0.15) is 31.9 Å². The summed E-state index contributed by atoms with van der Waals surface area (Å²) < 4.78 is 4.85. The third-order valence-electron chi connectivity index (χ3n) is 1.97. The topological polar surface area (TPSA) is 55.1 Å². The zero-order valence-corrected chi connectivity index (χ0v) is 10.5. The number of aryl methyl sites for hydroxylation is 1. The smallest absolute Gasteiger partial charge is 0.239 e. The Balaban J connectivity index is 2.41. The predicted octanol–water partition coefficient (Wildman–Crippen LogP) is 2.88. The summed E-state index contributed by atoms with van der Waals surface area (Å²) in [5.74, 6) is 1.08. The number of carbonyl (C=O) groups is 1. The van der Waals surface area contributed by atoms with Gasteiger partial charge in [-0.2, -0.15) is 0 Å². The van der Waals surface area contributed by atoms with Crippen LogP contribution in [0.5, 0.6) is 0 Å². The first-order chi connectivity index (χ1) is 7.13. The van der Waals surface area contributed by atoms with Crippen LogP contribution in [-0.2, 0) is 4.79 Å². The van der Waals surface area contributed by atoms with Crippen LogP contribution in [0.2, 0.25) is 0 Å². The third kappa shape index (κ3) is 4.03. The predicted molar refractivity (Wildman–Crippen MR) is 62.1 cm³/mol. The van der Waals surface area contributed by atoms with Crippen molar-refractivity contribution in [3.05, 3.63) is 11.8 Å². The normalized spacial score (nSPS) is 12.5. The van der Waals surface area contributed by atoms with Crippen molar-refractivity contribution in [2.45, 2.75) is 37.9 Å². The number of anilines is 1. The van der Waals surface area contributed by atoms with Crippen molar-refractivity contribution in [3.63, 3.8) is 0 Å². The number of hydrogen-bond donors (Lipinski definition) is 1. The van der Waals surface area contributed by atoms with E-state index < -0.39 is 0 Å². The molecule has 5 heteroatoms. The lowest BCUT2D eigenvalue weighted by Gasteiger charge is -2.07. The summed E-state index contributed by atoms with van der Waals surface area (Å²) in [6, 6.07) is 1.69. The molecule has 1 atom stereocenters. The van der Waals surface area contributed by atoms with Crippen LogP contribution < -0.4 is 5.32 Å². The number of nitrogens with one attached hydrogen (secondary N) is 1. The maximum absolute atomic E-state index is 11.6. The highest BCUT2D eigenvalue weighted by Gasteiger charge is 2.15. The van der Waals surface area contributed by atoms with Crippen LogP contribution in [0, 0.1) is 6.92 Å². The Morgan fingerprint density at radius 2 is 2.47 bits per heavy atom. The van der Waals surface area contributed by atoms with Gasteiger partial charge in [0.05, 0.1) is 4.83 Å². The molecule has 1 aromatic heterocycles. The molecular formula is C10H15BrN2O2. The van der Waals surface area contributed by atoms with Gasteiger partial charge in [0.25, 0.3) is 0 Å². The number of alkyl halides is 1. The second kappa shape index (κ2) is 5.90. The van der Waals surface area contributed by atoms with Crippen LogP contribution in [0.25, 0.3) is 0 Å². The SMILES string of the molecule is CCCCC(Br)C(=O)Nc1cc(C)on1. The van der Waals surface area contributed by atoms with Crippen molar-refractivity contribution < 1.29 is 9.32 Å². The van der Waals surface area contributed by atoms with Gasteiger partial charge < -0.3 is 9.84 Å². The summed E-state index contributed by atoms with van der Waals surface area (Å²) in [4.78, 5) is 11.4. The van der Waals surface area contributed by atoms with Gasteiger partial charge in [-0.25, -0.2) is 0 Å². The number of amides is 1. The van der Waals surface area contributed by atoms with Crippen LogP contribution in [0.15, 0.2) is 10.6 Å². The van der Waals surface area contributed by atoms with Crippen LogP contribution >= 0.6 is 15.9 Å². The lowest BCUT2D eigenvalue weighted by Crippen LogP contribution is -2.22. The van der Waals surface area contributed by atoms with E-state index in [0.29, 0.717) is 11.6 Å². The first-order valence-corrected chi connectivity index (χ1v) is 5.93. The Morgan fingerprint density at radius 1 is 1.73 bits per heavy atom. The first kappa shape index (κ1) is 12.2. The monoisotopic (exact) mass is 274 g/mol. The van der Waals surface area contributed by atoms with Gasteiger partial charge in [-0.05, 0) is 13.3 Å². The molecule has 15 heavy (non-hydrogen) atoms. The Hall–Kier alpha value is -0.840. The molecule has 1 unspecified atom stereocenters. The molecule has 0 fully saturated rings. The average molecular weight is 275 g/mol. The van der Waals surface area contributed by atoms with Crippen molar-refractivity contribution in [2.75, 3.05) is 5.32 Å². The molecule has 0 aliphatic rings. The van der Waals surface area contributed by atoms with Gasteiger partial charge in [0.1, 0.15) is 5.76 Å². The highest BCUT2D eigenvalue weighted by atomic mass is 79.9. The number of carbonyl (C=O) groups excluding carboxylic acids is 1. The Labute approximate surface area is 97.5 Å². The van der Waals surface area contributed by atoms with Crippen molar-refractivity contribution >= 4 is 27.7 Å². The van der Waals surface area contributed by atoms with E-state index in [9.17, 15) is 4.79 Å². The molecule has 0 aromatic carbocycles. The fourth-order valence-electron chi connectivity index (χ4n) is 1.14. The molecule has 0 bridgehead atoms. The molecule has 1 rings (SSSR count). The summed E-state index contributed by atoms with van der Waals surface area (Å²) in [7, 11) is 0. The van der Waals surface area contributed by atoms with E-state index in [0.717, 1.165) is 19.3 Å². The van der Waals surface area contributed by atoms with E-state index in [2.05, 4.69) is 33.3 Å². The van der Waals surface area contributed by atoms with Gasteiger partial charge >= 0.3 is 0 Å². The van der Waals surface area contributed by atoms with E-state index >= 15 is 0 Å². The minimum Gasteiger partial charge on any atom is -0.360 e. The lowest BCUT2D eigenvalue weighted by molar-refractivity contribution is -0.115. The van der Waals surface area contributed by atoms with Crippen LogP contribution in [-0.4, -0.2) is 15.9 Å². The molecule has 84 valence electrons. The molecule has 1 aromatic rings. The number of aromatic nitrogens is 1. The quantitative estimate of drug-likeness (QED) is 0.840. The van der Waals surface area contributed by atoms with Crippen molar-refractivity contribution in [1.82, 2.24) is 5.16 Å². The summed E-state index contributed by atoms with van der Waals surface area (Å²) in [6.45, 7) is 3.88. The summed E-state index contributed by atoms with van der Waals surface area (Å²) in [6.07, 6.45) is 2.94. The van der Waals surface area contributed by atoms with Crippen molar-refractivity contribution in [2.24, 2.45) is 0 Å². The maximum atomic E-state index is 11.6. The Kier molecular flexibility index (Phi) is 4.81. The van der Waals surface area contributed by atoms with Gasteiger partial charge in [0.2, 0.25) is 5.91 Å². The van der Waals surface area contributed by atoms with E-state index in [1.54, 1.807) is 13.0 Å². The summed E-state index contributed by atoms with van der Waals surface area (Å²) in [5, 5.41) is 6.37. The molecule has 0 saturated heterocycles. The van der Waals surface area contributed by atoms with Crippen LogP contribution in [0.4, 0.5) is 5.82 Å². The average Bonchev–Trinajstić information content (AvgIpc) is 2.60. The molecular weight excluding hydrogens is 260 g/mol.